The summed E-state index contributed by atoms with van der Waals surface area (Å²) in [6.07, 6.45) is 3.68. The Kier molecular flexibility index (Phi) is 5.55. The van der Waals surface area contributed by atoms with Gasteiger partial charge in [0.2, 0.25) is 11.8 Å². The van der Waals surface area contributed by atoms with E-state index in [1.165, 1.54) is 19.5 Å². The van der Waals surface area contributed by atoms with E-state index in [1.54, 1.807) is 17.0 Å². The number of likely N-dealkylation sites (tertiary alicyclic amines) is 1. The average molecular weight is 363 g/mol. The van der Waals surface area contributed by atoms with Crippen molar-refractivity contribution in [3.05, 3.63) is 47.2 Å². The molecule has 1 saturated heterocycles. The largest absolute Gasteiger partial charge is 0.480 e. The van der Waals surface area contributed by atoms with Crippen LogP contribution in [0.5, 0.6) is 11.8 Å². The third kappa shape index (κ3) is 4.73. The van der Waals surface area contributed by atoms with E-state index in [1.807, 2.05) is 12.1 Å². The fourth-order valence-corrected chi connectivity index (χ4v) is 2.68. The molecule has 25 heavy (non-hydrogen) atoms. The fraction of sp³-hybridized carbons (Fsp3) is 0.353. The number of nitrogens with zero attached hydrogens (tertiary/aromatic N) is 3. The smallest absolute Gasteiger partial charge is 0.317 e. The molecule has 2 heterocycles. The number of amides is 2. The first-order valence-electron chi connectivity index (χ1n) is 7.94. The van der Waals surface area contributed by atoms with Crippen molar-refractivity contribution in [2.45, 2.75) is 19.1 Å². The Morgan fingerprint density at radius 2 is 2.08 bits per heavy atom. The second kappa shape index (κ2) is 8.02. The Balaban J connectivity index is 1.48. The Bertz CT molecular complexity index is 726. The van der Waals surface area contributed by atoms with Crippen LogP contribution >= 0.6 is 11.6 Å². The van der Waals surface area contributed by atoms with Gasteiger partial charge in [0.05, 0.1) is 26.0 Å². The number of benzene rings is 1. The number of rotatable bonds is 5. The highest BCUT2D eigenvalue weighted by molar-refractivity contribution is 6.30. The standard InChI is InChI=1S/C17H19ClN4O3/c1-24-15-9-19-10-16(21-15)25-14-6-7-22(11-14)17(23)20-8-12-2-4-13(18)5-3-12/h2-5,9-10,14H,6-8,11H2,1H3,(H,20,23). The van der Waals surface area contributed by atoms with E-state index >= 15 is 0 Å². The molecule has 1 unspecified atom stereocenters. The second-order valence-corrected chi connectivity index (χ2v) is 6.10. The van der Waals surface area contributed by atoms with E-state index in [4.69, 9.17) is 21.1 Å². The zero-order valence-corrected chi connectivity index (χ0v) is 14.6. The van der Waals surface area contributed by atoms with Gasteiger partial charge >= 0.3 is 6.03 Å². The molecule has 2 aromatic rings. The van der Waals surface area contributed by atoms with E-state index in [0.717, 1.165) is 12.0 Å². The Hall–Kier alpha value is -2.54. The van der Waals surface area contributed by atoms with Crippen molar-refractivity contribution >= 4 is 17.6 Å². The number of carbonyl (C=O) groups is 1. The summed E-state index contributed by atoms with van der Waals surface area (Å²) >= 11 is 5.85. The quantitative estimate of drug-likeness (QED) is 0.884. The maximum atomic E-state index is 12.3. The fourth-order valence-electron chi connectivity index (χ4n) is 2.56. The van der Waals surface area contributed by atoms with Crippen LogP contribution in [-0.2, 0) is 6.54 Å². The molecule has 3 rings (SSSR count). The van der Waals surface area contributed by atoms with Crippen LogP contribution in [-0.4, -0.2) is 47.2 Å². The molecular weight excluding hydrogens is 344 g/mol. The van der Waals surface area contributed by atoms with Crippen molar-refractivity contribution in [1.82, 2.24) is 20.2 Å². The molecule has 0 spiro atoms. The minimum absolute atomic E-state index is 0.109. The molecule has 1 atom stereocenters. The molecule has 1 aliphatic rings. The molecule has 1 N–H and O–H groups in total. The van der Waals surface area contributed by atoms with E-state index < -0.39 is 0 Å². The molecule has 132 valence electrons. The van der Waals surface area contributed by atoms with Gasteiger partial charge in [0.15, 0.2) is 0 Å². The minimum Gasteiger partial charge on any atom is -0.480 e. The van der Waals surface area contributed by atoms with Crippen LogP contribution in [0.2, 0.25) is 5.02 Å². The highest BCUT2D eigenvalue weighted by Crippen LogP contribution is 2.18. The maximum Gasteiger partial charge on any atom is 0.317 e. The van der Waals surface area contributed by atoms with Gasteiger partial charge < -0.3 is 19.7 Å². The predicted molar refractivity (Wildman–Crippen MR) is 92.9 cm³/mol. The van der Waals surface area contributed by atoms with Gasteiger partial charge in [0.1, 0.15) is 6.10 Å². The number of hydrogen-bond donors (Lipinski definition) is 1. The van der Waals surface area contributed by atoms with Crippen LogP contribution in [0.4, 0.5) is 4.79 Å². The summed E-state index contributed by atoms with van der Waals surface area (Å²) in [7, 11) is 1.52. The van der Waals surface area contributed by atoms with Crippen molar-refractivity contribution < 1.29 is 14.3 Å². The zero-order chi connectivity index (χ0) is 17.6. The minimum atomic E-state index is -0.113. The number of carbonyl (C=O) groups excluding carboxylic acids is 1. The SMILES string of the molecule is COc1cncc(OC2CCN(C(=O)NCc3ccc(Cl)cc3)C2)n1. The van der Waals surface area contributed by atoms with Crippen molar-refractivity contribution in [3.8, 4) is 11.8 Å². The van der Waals surface area contributed by atoms with E-state index in [2.05, 4.69) is 15.3 Å². The van der Waals surface area contributed by atoms with Crippen LogP contribution in [0.1, 0.15) is 12.0 Å². The molecule has 1 fully saturated rings. The molecule has 1 aliphatic heterocycles. The topological polar surface area (TPSA) is 76.6 Å². The summed E-state index contributed by atoms with van der Waals surface area (Å²) < 4.78 is 10.8. The Morgan fingerprint density at radius 1 is 1.32 bits per heavy atom. The average Bonchev–Trinajstić information content (AvgIpc) is 3.09. The van der Waals surface area contributed by atoms with Crippen LogP contribution in [0.15, 0.2) is 36.7 Å². The summed E-state index contributed by atoms with van der Waals surface area (Å²) in [5.74, 6) is 0.792. The zero-order valence-electron chi connectivity index (χ0n) is 13.8. The van der Waals surface area contributed by atoms with Crippen molar-refractivity contribution in [1.29, 1.82) is 0 Å². The molecule has 7 nitrogen and oxygen atoms in total. The highest BCUT2D eigenvalue weighted by Gasteiger charge is 2.28. The second-order valence-electron chi connectivity index (χ2n) is 5.66. The summed E-state index contributed by atoms with van der Waals surface area (Å²) in [6, 6.07) is 7.27. The molecular formula is C17H19ClN4O3. The van der Waals surface area contributed by atoms with Gasteiger partial charge in [-0.3, -0.25) is 4.98 Å². The van der Waals surface area contributed by atoms with Gasteiger partial charge in [-0.2, -0.15) is 4.98 Å². The number of methoxy groups -OCH3 is 1. The molecule has 0 aliphatic carbocycles. The number of aromatic nitrogens is 2. The lowest BCUT2D eigenvalue weighted by molar-refractivity contribution is 0.181. The third-order valence-corrected chi connectivity index (χ3v) is 4.13. The van der Waals surface area contributed by atoms with Gasteiger partial charge in [-0.1, -0.05) is 23.7 Å². The van der Waals surface area contributed by atoms with Gasteiger partial charge in [-0.05, 0) is 17.7 Å². The predicted octanol–water partition coefficient (Wildman–Crippen LogP) is 2.50. The number of ether oxygens (including phenoxy) is 2. The Morgan fingerprint density at radius 3 is 2.84 bits per heavy atom. The monoisotopic (exact) mass is 362 g/mol. The number of nitrogens with one attached hydrogen (secondary N) is 1. The summed E-state index contributed by atoms with van der Waals surface area (Å²) in [5, 5.41) is 3.58. The molecule has 2 amide bonds. The molecule has 0 saturated carbocycles. The summed E-state index contributed by atoms with van der Waals surface area (Å²) in [5.41, 5.74) is 0.997. The molecule has 0 bridgehead atoms. The first-order valence-corrected chi connectivity index (χ1v) is 8.32. The van der Waals surface area contributed by atoms with Crippen LogP contribution in [0.3, 0.4) is 0 Å². The number of urea groups is 1. The lowest BCUT2D eigenvalue weighted by atomic mass is 10.2. The molecule has 1 aromatic carbocycles. The maximum absolute atomic E-state index is 12.3. The molecule has 1 aromatic heterocycles. The van der Waals surface area contributed by atoms with Crippen molar-refractivity contribution in [2.75, 3.05) is 20.2 Å². The highest BCUT2D eigenvalue weighted by atomic mass is 35.5. The van der Waals surface area contributed by atoms with Crippen LogP contribution in [0.25, 0.3) is 0 Å². The van der Waals surface area contributed by atoms with Gasteiger partial charge in [-0.25, -0.2) is 4.79 Å². The number of halogens is 1. The van der Waals surface area contributed by atoms with Gasteiger partial charge in [0.25, 0.3) is 0 Å². The lowest BCUT2D eigenvalue weighted by Gasteiger charge is -2.17. The van der Waals surface area contributed by atoms with E-state index in [-0.39, 0.29) is 12.1 Å². The summed E-state index contributed by atoms with van der Waals surface area (Å²) in [6.45, 7) is 1.60. The molecule has 8 heteroatoms. The Labute approximate surface area is 150 Å². The van der Waals surface area contributed by atoms with Crippen LogP contribution in [0, 0.1) is 0 Å². The van der Waals surface area contributed by atoms with Crippen molar-refractivity contribution in [3.63, 3.8) is 0 Å². The first-order chi connectivity index (χ1) is 12.1. The normalized spacial score (nSPS) is 16.6. The van der Waals surface area contributed by atoms with Crippen molar-refractivity contribution in [2.24, 2.45) is 0 Å². The van der Waals surface area contributed by atoms with E-state index in [0.29, 0.717) is 36.4 Å². The van der Waals surface area contributed by atoms with Gasteiger partial charge in [-0.15, -0.1) is 0 Å². The van der Waals surface area contributed by atoms with E-state index in [9.17, 15) is 4.79 Å². The first kappa shape index (κ1) is 17.3. The summed E-state index contributed by atoms with van der Waals surface area (Å²) in [4.78, 5) is 22.2. The lowest BCUT2D eigenvalue weighted by Crippen LogP contribution is -2.39. The molecule has 0 radical (unpaired) electrons. The van der Waals surface area contributed by atoms with Crippen LogP contribution < -0.4 is 14.8 Å². The number of hydrogen-bond acceptors (Lipinski definition) is 5. The third-order valence-electron chi connectivity index (χ3n) is 3.88. The van der Waals surface area contributed by atoms with Gasteiger partial charge in [0, 0.05) is 24.5 Å².